The summed E-state index contributed by atoms with van der Waals surface area (Å²) < 4.78 is 5.59. The van der Waals surface area contributed by atoms with Crippen molar-refractivity contribution in [1.29, 1.82) is 0 Å². The number of benzene rings is 2. The van der Waals surface area contributed by atoms with E-state index >= 15 is 0 Å². The average molecular weight is 548 g/mol. The number of guanidine groups is 1. The molecule has 0 radical (unpaired) electrons. The molecule has 1 fully saturated rings. The van der Waals surface area contributed by atoms with Gasteiger partial charge in [-0.25, -0.2) is 4.99 Å². The largest absolute Gasteiger partial charge is 0.493 e. The minimum absolute atomic E-state index is 0. The molecule has 0 aromatic heterocycles. The van der Waals surface area contributed by atoms with Gasteiger partial charge >= 0.3 is 0 Å². The molecule has 1 amide bonds. The molecule has 1 saturated heterocycles. The van der Waals surface area contributed by atoms with Crippen molar-refractivity contribution in [3.05, 3.63) is 64.7 Å². The molecule has 7 heteroatoms. The summed E-state index contributed by atoms with van der Waals surface area (Å²) in [5, 5.41) is 6.78. The summed E-state index contributed by atoms with van der Waals surface area (Å²) in [5.41, 5.74) is 4.97. The van der Waals surface area contributed by atoms with Crippen molar-refractivity contribution in [2.24, 2.45) is 4.99 Å². The van der Waals surface area contributed by atoms with Crippen LogP contribution in [0.2, 0.25) is 0 Å². The van der Waals surface area contributed by atoms with Gasteiger partial charge in [-0.05, 0) is 48.1 Å². The SMILES string of the molecule is CCNC(=NCc1ccccc1CN1CCCC1=O)NCCc1ccc2c(c1)CCO2.I. The Morgan fingerprint density at radius 1 is 1.12 bits per heavy atom. The number of aliphatic imine (C=N–C) groups is 1. The van der Waals surface area contributed by atoms with Crippen molar-refractivity contribution in [1.82, 2.24) is 15.5 Å². The van der Waals surface area contributed by atoms with E-state index in [0.717, 1.165) is 62.8 Å². The van der Waals surface area contributed by atoms with Gasteiger partial charge in [0, 0.05) is 39.0 Å². The van der Waals surface area contributed by atoms with Crippen LogP contribution in [0.15, 0.2) is 47.5 Å². The first-order chi connectivity index (χ1) is 15.2. The Balaban J connectivity index is 0.00000289. The highest BCUT2D eigenvalue weighted by molar-refractivity contribution is 14.0. The van der Waals surface area contributed by atoms with E-state index < -0.39 is 0 Å². The first-order valence-corrected chi connectivity index (χ1v) is 11.3. The number of rotatable bonds is 8. The molecular formula is C25H33IN4O2. The number of carbonyl (C=O) groups excluding carboxylic acids is 1. The van der Waals surface area contributed by atoms with Crippen molar-refractivity contribution < 1.29 is 9.53 Å². The summed E-state index contributed by atoms with van der Waals surface area (Å²) in [5.74, 6) is 2.10. The van der Waals surface area contributed by atoms with Crippen molar-refractivity contribution in [2.45, 2.75) is 45.7 Å². The molecule has 172 valence electrons. The normalized spacial score (nSPS) is 15.2. The maximum absolute atomic E-state index is 12.0. The number of hydrogen-bond acceptors (Lipinski definition) is 3. The first-order valence-electron chi connectivity index (χ1n) is 11.3. The highest BCUT2D eigenvalue weighted by atomic mass is 127. The molecule has 0 spiro atoms. The van der Waals surface area contributed by atoms with Crippen molar-refractivity contribution >= 4 is 35.8 Å². The van der Waals surface area contributed by atoms with E-state index in [9.17, 15) is 4.79 Å². The zero-order valence-corrected chi connectivity index (χ0v) is 21.1. The monoisotopic (exact) mass is 548 g/mol. The van der Waals surface area contributed by atoms with Gasteiger partial charge in [0.2, 0.25) is 5.91 Å². The van der Waals surface area contributed by atoms with E-state index in [2.05, 4.69) is 47.9 Å². The van der Waals surface area contributed by atoms with Gasteiger partial charge in [0.05, 0.1) is 13.2 Å². The smallest absolute Gasteiger partial charge is 0.222 e. The van der Waals surface area contributed by atoms with E-state index in [4.69, 9.17) is 9.73 Å². The predicted octanol–water partition coefficient (Wildman–Crippen LogP) is 3.66. The molecule has 32 heavy (non-hydrogen) atoms. The molecule has 2 aromatic carbocycles. The molecule has 2 aliphatic rings. The molecule has 4 rings (SSSR count). The first kappa shape index (κ1) is 24.4. The van der Waals surface area contributed by atoms with Gasteiger partial charge < -0.3 is 20.3 Å². The number of carbonyl (C=O) groups is 1. The van der Waals surface area contributed by atoms with Crippen LogP contribution in [0.25, 0.3) is 0 Å². The Kier molecular flexibility index (Phi) is 9.20. The second-order valence-corrected chi connectivity index (χ2v) is 8.10. The van der Waals surface area contributed by atoms with Crippen LogP contribution in [-0.4, -0.2) is 43.0 Å². The van der Waals surface area contributed by atoms with Crippen LogP contribution in [0.5, 0.6) is 5.75 Å². The molecule has 0 atom stereocenters. The maximum Gasteiger partial charge on any atom is 0.222 e. The topological polar surface area (TPSA) is 66.0 Å². The number of halogens is 1. The van der Waals surface area contributed by atoms with Crippen LogP contribution < -0.4 is 15.4 Å². The number of amides is 1. The summed E-state index contributed by atoms with van der Waals surface area (Å²) in [4.78, 5) is 18.8. The lowest BCUT2D eigenvalue weighted by Gasteiger charge is -2.18. The van der Waals surface area contributed by atoms with Gasteiger partial charge in [-0.1, -0.05) is 36.4 Å². The summed E-state index contributed by atoms with van der Waals surface area (Å²) in [6, 6.07) is 14.8. The summed E-state index contributed by atoms with van der Waals surface area (Å²) >= 11 is 0. The predicted molar refractivity (Wildman–Crippen MR) is 139 cm³/mol. The fourth-order valence-electron chi connectivity index (χ4n) is 4.17. The molecule has 2 N–H and O–H groups in total. The van der Waals surface area contributed by atoms with Gasteiger partial charge in [0.15, 0.2) is 5.96 Å². The number of nitrogens with one attached hydrogen (secondary N) is 2. The molecule has 0 unspecified atom stereocenters. The summed E-state index contributed by atoms with van der Waals surface area (Å²) in [6.07, 6.45) is 3.57. The number of hydrogen-bond donors (Lipinski definition) is 2. The lowest BCUT2D eigenvalue weighted by Crippen LogP contribution is -2.38. The van der Waals surface area contributed by atoms with Crippen LogP contribution in [-0.2, 0) is 30.7 Å². The van der Waals surface area contributed by atoms with Crippen LogP contribution >= 0.6 is 24.0 Å². The van der Waals surface area contributed by atoms with Crippen molar-refractivity contribution in [3.63, 3.8) is 0 Å². The quantitative estimate of drug-likeness (QED) is 0.300. The van der Waals surface area contributed by atoms with E-state index in [0.29, 0.717) is 19.5 Å². The zero-order chi connectivity index (χ0) is 21.5. The second kappa shape index (κ2) is 12.1. The summed E-state index contributed by atoms with van der Waals surface area (Å²) in [7, 11) is 0. The van der Waals surface area contributed by atoms with Crippen molar-refractivity contribution in [3.8, 4) is 5.75 Å². The van der Waals surface area contributed by atoms with Gasteiger partial charge in [-0.2, -0.15) is 0 Å². The Labute approximate surface area is 207 Å². The third-order valence-electron chi connectivity index (χ3n) is 5.86. The Bertz CT molecular complexity index is 947. The molecule has 6 nitrogen and oxygen atoms in total. The Hall–Kier alpha value is -2.29. The standard InChI is InChI=1S/C25H32N4O2.HI/c1-2-26-25(27-13-11-19-9-10-23-20(16-19)12-15-31-23)28-17-21-6-3-4-7-22(21)18-29-14-5-8-24(29)30;/h3-4,6-7,9-10,16H,2,5,8,11-15,17-18H2,1H3,(H2,26,27,28);1H. The second-order valence-electron chi connectivity index (χ2n) is 8.10. The minimum atomic E-state index is 0. The van der Waals surface area contributed by atoms with E-state index in [1.165, 1.54) is 16.7 Å². The highest BCUT2D eigenvalue weighted by Crippen LogP contribution is 2.25. The van der Waals surface area contributed by atoms with E-state index in [1.807, 2.05) is 17.0 Å². The van der Waals surface area contributed by atoms with Crippen LogP contribution in [0.3, 0.4) is 0 Å². The lowest BCUT2D eigenvalue weighted by molar-refractivity contribution is -0.128. The van der Waals surface area contributed by atoms with Gasteiger partial charge in [0.25, 0.3) is 0 Å². The molecule has 2 aromatic rings. The van der Waals surface area contributed by atoms with E-state index in [1.54, 1.807) is 0 Å². The van der Waals surface area contributed by atoms with E-state index in [-0.39, 0.29) is 29.9 Å². The van der Waals surface area contributed by atoms with Gasteiger partial charge in [-0.15, -0.1) is 24.0 Å². The number of likely N-dealkylation sites (tertiary alicyclic amines) is 1. The number of fused-ring (bicyclic) bond motifs is 1. The van der Waals surface area contributed by atoms with Crippen LogP contribution in [0.1, 0.15) is 42.0 Å². The highest BCUT2D eigenvalue weighted by Gasteiger charge is 2.20. The maximum atomic E-state index is 12.0. The molecule has 0 bridgehead atoms. The third kappa shape index (κ3) is 6.37. The Morgan fingerprint density at radius 3 is 2.75 bits per heavy atom. The molecule has 2 heterocycles. The molecule has 2 aliphatic heterocycles. The van der Waals surface area contributed by atoms with Gasteiger partial charge in [0.1, 0.15) is 5.75 Å². The molecule has 0 aliphatic carbocycles. The number of nitrogens with zero attached hydrogens (tertiary/aromatic N) is 2. The fraction of sp³-hybridized carbons (Fsp3) is 0.440. The minimum Gasteiger partial charge on any atom is -0.493 e. The fourth-order valence-corrected chi connectivity index (χ4v) is 4.17. The lowest BCUT2D eigenvalue weighted by atomic mass is 10.1. The molecular weight excluding hydrogens is 515 g/mol. The average Bonchev–Trinajstić information content (AvgIpc) is 3.41. The Morgan fingerprint density at radius 2 is 1.97 bits per heavy atom. The molecule has 0 saturated carbocycles. The van der Waals surface area contributed by atoms with Crippen molar-refractivity contribution in [2.75, 3.05) is 26.2 Å². The third-order valence-corrected chi connectivity index (χ3v) is 5.86. The number of ether oxygens (including phenoxy) is 1. The van der Waals surface area contributed by atoms with Gasteiger partial charge in [-0.3, -0.25) is 4.79 Å². The summed E-state index contributed by atoms with van der Waals surface area (Å²) in [6.45, 7) is 6.61. The van der Waals surface area contributed by atoms with Crippen LogP contribution in [0, 0.1) is 0 Å². The van der Waals surface area contributed by atoms with Crippen LogP contribution in [0.4, 0.5) is 0 Å². The zero-order valence-electron chi connectivity index (χ0n) is 18.7.